The minimum atomic E-state index is -0.709. The van der Waals surface area contributed by atoms with Gasteiger partial charge in [0.1, 0.15) is 0 Å². The average molecular weight is 494 g/mol. The summed E-state index contributed by atoms with van der Waals surface area (Å²) in [6.07, 6.45) is 1.71. The van der Waals surface area contributed by atoms with Gasteiger partial charge in [-0.2, -0.15) is 5.53 Å². The lowest BCUT2D eigenvalue weighted by molar-refractivity contribution is -0.125. The highest BCUT2D eigenvalue weighted by atomic mass is 16.5. The number of nitrogens with zero attached hydrogens (tertiary/aromatic N) is 3. The summed E-state index contributed by atoms with van der Waals surface area (Å²) in [6.45, 7) is 2.29. The molecule has 1 heterocycles. The molecule has 0 bridgehead atoms. The minimum absolute atomic E-state index is 0.0681. The molecule has 1 unspecified atom stereocenters. The molecule has 1 aliphatic carbocycles. The van der Waals surface area contributed by atoms with Crippen molar-refractivity contribution >= 4 is 17.7 Å². The SMILES string of the molecule is N=NNC(=O)C(CNC1Cc2ccccc2C1)CN(N)C(=O)c1ccc(C(=O)N2CCOCC2)cc1. The zero-order valence-corrected chi connectivity index (χ0v) is 20.0. The Hall–Kier alpha value is -3.67. The van der Waals surface area contributed by atoms with Gasteiger partial charge in [0.15, 0.2) is 0 Å². The van der Waals surface area contributed by atoms with Gasteiger partial charge in [0, 0.05) is 36.8 Å². The van der Waals surface area contributed by atoms with Gasteiger partial charge < -0.3 is 15.0 Å². The number of rotatable bonds is 9. The van der Waals surface area contributed by atoms with Crippen LogP contribution in [0.1, 0.15) is 31.8 Å². The summed E-state index contributed by atoms with van der Waals surface area (Å²) >= 11 is 0. The van der Waals surface area contributed by atoms with Crippen molar-refractivity contribution < 1.29 is 19.1 Å². The van der Waals surface area contributed by atoms with E-state index < -0.39 is 17.7 Å². The fraction of sp³-hybridized carbons (Fsp3) is 0.400. The van der Waals surface area contributed by atoms with Crippen molar-refractivity contribution in [1.29, 1.82) is 5.53 Å². The van der Waals surface area contributed by atoms with E-state index in [1.54, 1.807) is 29.2 Å². The molecule has 1 fully saturated rings. The summed E-state index contributed by atoms with van der Waals surface area (Å²) in [4.78, 5) is 39.8. The summed E-state index contributed by atoms with van der Waals surface area (Å²) < 4.78 is 5.28. The van der Waals surface area contributed by atoms with Gasteiger partial charge in [-0.15, -0.1) is 0 Å². The highest BCUT2D eigenvalue weighted by molar-refractivity contribution is 5.97. The number of nitrogens with two attached hydrogens (primary N) is 1. The average Bonchev–Trinajstić information content (AvgIpc) is 3.34. The molecule has 1 aliphatic heterocycles. The first-order valence-corrected chi connectivity index (χ1v) is 12.0. The molecule has 1 saturated heterocycles. The fourth-order valence-corrected chi connectivity index (χ4v) is 4.59. The maximum atomic E-state index is 12.9. The van der Waals surface area contributed by atoms with Crippen molar-refractivity contribution in [3.05, 3.63) is 70.8 Å². The van der Waals surface area contributed by atoms with Crippen molar-refractivity contribution in [1.82, 2.24) is 20.7 Å². The molecule has 0 spiro atoms. The highest BCUT2D eigenvalue weighted by Crippen LogP contribution is 2.22. The molecule has 5 N–H and O–H groups in total. The van der Waals surface area contributed by atoms with Gasteiger partial charge >= 0.3 is 0 Å². The normalized spacial score (nSPS) is 16.2. The van der Waals surface area contributed by atoms with Crippen molar-refractivity contribution in [3.63, 3.8) is 0 Å². The Balaban J connectivity index is 1.35. The van der Waals surface area contributed by atoms with E-state index in [0.29, 0.717) is 37.4 Å². The summed E-state index contributed by atoms with van der Waals surface area (Å²) in [5, 5.41) is 7.36. The molecule has 3 amide bonds. The first kappa shape index (κ1) is 25.4. The van der Waals surface area contributed by atoms with Gasteiger partial charge in [0.25, 0.3) is 11.8 Å². The van der Waals surface area contributed by atoms with Crippen LogP contribution in [0.2, 0.25) is 0 Å². The van der Waals surface area contributed by atoms with E-state index in [0.717, 1.165) is 17.9 Å². The molecule has 36 heavy (non-hydrogen) atoms. The Morgan fingerprint density at radius 3 is 2.28 bits per heavy atom. The molecule has 11 heteroatoms. The van der Waals surface area contributed by atoms with E-state index in [2.05, 4.69) is 28.1 Å². The molecule has 4 rings (SSSR count). The molecule has 0 radical (unpaired) electrons. The molecule has 0 aromatic heterocycles. The Bertz CT molecular complexity index is 1080. The third-order valence-corrected chi connectivity index (χ3v) is 6.60. The second kappa shape index (κ2) is 11.8. The third kappa shape index (κ3) is 6.11. The highest BCUT2D eigenvalue weighted by Gasteiger charge is 2.27. The number of amides is 3. The van der Waals surface area contributed by atoms with Crippen LogP contribution in [0, 0.1) is 11.4 Å². The van der Waals surface area contributed by atoms with E-state index in [9.17, 15) is 14.4 Å². The molecule has 2 aromatic rings. The number of ether oxygens (including phenoxy) is 1. The minimum Gasteiger partial charge on any atom is -0.378 e. The van der Waals surface area contributed by atoms with E-state index in [1.807, 2.05) is 12.1 Å². The van der Waals surface area contributed by atoms with Crippen LogP contribution < -0.4 is 16.6 Å². The molecule has 1 atom stereocenters. The van der Waals surface area contributed by atoms with Gasteiger partial charge in [-0.25, -0.2) is 11.3 Å². The number of carbonyl (C=O) groups excluding carboxylic acids is 3. The standard InChI is InChI=1S/C25H31N7O4/c26-30-29-23(33)21(15-28-22-13-19-3-1-2-4-20(19)14-22)16-32(27)25(35)18-7-5-17(6-8-18)24(34)31-9-11-36-12-10-31/h1-8,21-22,28H,9-16,27H2,(H2,26,29,33). The van der Waals surface area contributed by atoms with Crippen LogP contribution in [0.15, 0.2) is 53.8 Å². The van der Waals surface area contributed by atoms with Gasteiger partial charge in [-0.1, -0.05) is 29.5 Å². The van der Waals surface area contributed by atoms with Gasteiger partial charge in [-0.05, 0) is 48.2 Å². The van der Waals surface area contributed by atoms with Crippen LogP contribution in [0.4, 0.5) is 0 Å². The second-order valence-corrected chi connectivity index (χ2v) is 9.01. The van der Waals surface area contributed by atoms with E-state index in [-0.39, 0.29) is 25.0 Å². The van der Waals surface area contributed by atoms with E-state index in [4.69, 9.17) is 16.1 Å². The number of hydrazine groups is 1. The molecule has 190 valence electrons. The van der Waals surface area contributed by atoms with Crippen molar-refractivity contribution in [2.45, 2.75) is 18.9 Å². The van der Waals surface area contributed by atoms with E-state index >= 15 is 0 Å². The Morgan fingerprint density at radius 1 is 1.06 bits per heavy atom. The summed E-state index contributed by atoms with van der Waals surface area (Å²) in [6, 6.07) is 14.7. The van der Waals surface area contributed by atoms with Crippen LogP contribution in [0.5, 0.6) is 0 Å². The lowest BCUT2D eigenvalue weighted by atomic mass is 10.1. The monoisotopic (exact) mass is 493 g/mol. The smallest absolute Gasteiger partial charge is 0.267 e. The van der Waals surface area contributed by atoms with Crippen LogP contribution in [0.3, 0.4) is 0 Å². The first-order valence-electron chi connectivity index (χ1n) is 12.0. The number of fused-ring (bicyclic) bond motifs is 1. The molecular weight excluding hydrogens is 462 g/mol. The van der Waals surface area contributed by atoms with Crippen LogP contribution in [-0.2, 0) is 22.4 Å². The number of hydrogen-bond donors (Lipinski definition) is 4. The third-order valence-electron chi connectivity index (χ3n) is 6.60. The Morgan fingerprint density at radius 2 is 1.67 bits per heavy atom. The number of morpholine rings is 1. The largest absolute Gasteiger partial charge is 0.378 e. The zero-order chi connectivity index (χ0) is 25.5. The van der Waals surface area contributed by atoms with Gasteiger partial charge in [0.05, 0.1) is 25.7 Å². The topological polar surface area (TPSA) is 153 Å². The maximum Gasteiger partial charge on any atom is 0.267 e. The quantitative estimate of drug-likeness (QED) is 0.176. The molecule has 0 saturated carbocycles. The molecule has 2 aliphatic rings. The summed E-state index contributed by atoms with van der Waals surface area (Å²) in [5.41, 5.74) is 12.5. The predicted octanol–water partition coefficient (Wildman–Crippen LogP) is 0.910. The van der Waals surface area contributed by atoms with Crippen LogP contribution in [0.25, 0.3) is 0 Å². The van der Waals surface area contributed by atoms with Crippen molar-refractivity contribution in [2.75, 3.05) is 39.4 Å². The fourth-order valence-electron chi connectivity index (χ4n) is 4.59. The van der Waals surface area contributed by atoms with Gasteiger partial charge in [0.2, 0.25) is 5.91 Å². The van der Waals surface area contributed by atoms with Crippen molar-refractivity contribution in [2.24, 2.45) is 17.0 Å². The van der Waals surface area contributed by atoms with Crippen molar-refractivity contribution in [3.8, 4) is 0 Å². The summed E-state index contributed by atoms with van der Waals surface area (Å²) in [5.74, 6) is 4.26. The zero-order valence-electron chi connectivity index (χ0n) is 20.0. The lowest BCUT2D eigenvalue weighted by Crippen LogP contribution is -2.48. The Kier molecular flexibility index (Phi) is 8.36. The number of nitrogens with one attached hydrogen (secondary N) is 3. The molecule has 11 nitrogen and oxygen atoms in total. The number of hydrogen-bond acceptors (Lipinski definition) is 8. The maximum absolute atomic E-state index is 12.9. The van der Waals surface area contributed by atoms with E-state index in [1.165, 1.54) is 11.1 Å². The lowest BCUT2D eigenvalue weighted by Gasteiger charge is -2.27. The Labute approximate surface area is 209 Å². The van der Waals surface area contributed by atoms with Crippen LogP contribution in [-0.4, -0.2) is 73.1 Å². The second-order valence-electron chi connectivity index (χ2n) is 9.01. The molecular formula is C25H31N7O4. The van der Waals surface area contributed by atoms with Gasteiger partial charge in [-0.3, -0.25) is 19.4 Å². The number of carbonyl (C=O) groups is 3. The number of benzene rings is 2. The van der Waals surface area contributed by atoms with Crippen LogP contribution >= 0.6 is 0 Å². The summed E-state index contributed by atoms with van der Waals surface area (Å²) in [7, 11) is 0. The predicted molar refractivity (Wildman–Crippen MR) is 131 cm³/mol. The first-order chi connectivity index (χ1) is 17.5. The molecule has 2 aromatic carbocycles.